The maximum atomic E-state index is 6.12. The van der Waals surface area contributed by atoms with E-state index >= 15 is 0 Å². The van der Waals surface area contributed by atoms with Crippen molar-refractivity contribution in [1.82, 2.24) is 4.90 Å². The summed E-state index contributed by atoms with van der Waals surface area (Å²) in [6, 6.07) is 8.54. The predicted octanol–water partition coefficient (Wildman–Crippen LogP) is 3.46. The van der Waals surface area contributed by atoms with Gasteiger partial charge in [0.2, 0.25) is 0 Å². The van der Waals surface area contributed by atoms with Gasteiger partial charge in [0.05, 0.1) is 0 Å². The Kier molecular flexibility index (Phi) is 3.96. The molecule has 2 nitrogen and oxygen atoms in total. The lowest BCUT2D eigenvalue weighted by Crippen LogP contribution is -2.38. The van der Waals surface area contributed by atoms with Crippen molar-refractivity contribution in [1.29, 1.82) is 0 Å². The number of rotatable bonds is 2. The van der Waals surface area contributed by atoms with Gasteiger partial charge in [-0.05, 0) is 49.5 Å². The molecule has 1 saturated heterocycles. The van der Waals surface area contributed by atoms with E-state index in [0.717, 1.165) is 12.3 Å². The number of piperidine rings is 1. The van der Waals surface area contributed by atoms with Crippen LogP contribution < -0.4 is 4.74 Å². The lowest BCUT2D eigenvalue weighted by molar-refractivity contribution is 0.104. The van der Waals surface area contributed by atoms with Gasteiger partial charge in [0.1, 0.15) is 11.9 Å². The molecule has 1 fully saturated rings. The van der Waals surface area contributed by atoms with Crippen molar-refractivity contribution in [3.05, 3.63) is 29.8 Å². The van der Waals surface area contributed by atoms with Gasteiger partial charge in [0.15, 0.2) is 0 Å². The van der Waals surface area contributed by atoms with E-state index in [0.29, 0.717) is 6.10 Å². The lowest BCUT2D eigenvalue weighted by atomic mass is 9.87. The van der Waals surface area contributed by atoms with Gasteiger partial charge >= 0.3 is 0 Å². The Morgan fingerprint density at radius 2 is 2.06 bits per heavy atom. The molecule has 0 amide bonds. The topological polar surface area (TPSA) is 12.5 Å². The minimum absolute atomic E-state index is 0.183. The number of likely N-dealkylation sites (tertiary alicyclic amines) is 1. The fourth-order valence-electron chi connectivity index (χ4n) is 2.44. The highest BCUT2D eigenvalue weighted by Gasteiger charge is 2.19. The summed E-state index contributed by atoms with van der Waals surface area (Å²) in [5.41, 5.74) is 1.52. The van der Waals surface area contributed by atoms with Gasteiger partial charge in [-0.3, -0.25) is 0 Å². The van der Waals surface area contributed by atoms with E-state index in [1.54, 1.807) is 0 Å². The van der Waals surface area contributed by atoms with Crippen molar-refractivity contribution in [2.45, 2.75) is 45.1 Å². The van der Waals surface area contributed by atoms with Crippen molar-refractivity contribution in [3.63, 3.8) is 0 Å². The number of benzene rings is 1. The van der Waals surface area contributed by atoms with Crippen LogP contribution in [-0.4, -0.2) is 31.1 Å². The van der Waals surface area contributed by atoms with Crippen LogP contribution in [0.1, 0.15) is 39.2 Å². The van der Waals surface area contributed by atoms with Gasteiger partial charge in [-0.15, -0.1) is 0 Å². The van der Waals surface area contributed by atoms with Crippen LogP contribution in [0.3, 0.4) is 0 Å². The monoisotopic (exact) mass is 247 g/mol. The number of hydrogen-bond acceptors (Lipinski definition) is 2. The fourth-order valence-corrected chi connectivity index (χ4v) is 2.44. The highest BCUT2D eigenvalue weighted by molar-refractivity contribution is 5.32. The first kappa shape index (κ1) is 13.4. The van der Waals surface area contributed by atoms with Gasteiger partial charge in [-0.25, -0.2) is 0 Å². The van der Waals surface area contributed by atoms with Crippen LogP contribution in [0.5, 0.6) is 5.75 Å². The molecule has 0 radical (unpaired) electrons. The maximum absolute atomic E-state index is 6.12. The molecule has 2 heteroatoms. The van der Waals surface area contributed by atoms with Crippen LogP contribution >= 0.6 is 0 Å². The summed E-state index contributed by atoms with van der Waals surface area (Å²) in [5.74, 6) is 1.02. The Morgan fingerprint density at radius 1 is 1.28 bits per heavy atom. The smallest absolute Gasteiger partial charge is 0.120 e. The van der Waals surface area contributed by atoms with Gasteiger partial charge in [0.25, 0.3) is 0 Å². The van der Waals surface area contributed by atoms with Crippen molar-refractivity contribution in [3.8, 4) is 5.75 Å². The summed E-state index contributed by atoms with van der Waals surface area (Å²) in [5, 5.41) is 0. The minimum atomic E-state index is 0.183. The van der Waals surface area contributed by atoms with Gasteiger partial charge in [-0.1, -0.05) is 32.9 Å². The number of likely N-dealkylation sites (N-methyl/N-ethyl adjacent to an activating group) is 1. The number of nitrogens with zero attached hydrogens (tertiary/aromatic N) is 1. The molecule has 1 unspecified atom stereocenters. The molecule has 0 aliphatic carbocycles. The molecule has 0 saturated carbocycles. The zero-order chi connectivity index (χ0) is 13.2. The third-order valence-corrected chi connectivity index (χ3v) is 3.58. The van der Waals surface area contributed by atoms with Crippen molar-refractivity contribution in [2.24, 2.45) is 0 Å². The third kappa shape index (κ3) is 3.49. The summed E-state index contributed by atoms with van der Waals surface area (Å²) in [6.45, 7) is 8.95. The molecule has 0 aromatic heterocycles. The molecule has 1 atom stereocenters. The molecule has 100 valence electrons. The van der Waals surface area contributed by atoms with Gasteiger partial charge < -0.3 is 9.64 Å². The molecule has 1 aliphatic rings. The quantitative estimate of drug-likeness (QED) is 0.793. The lowest BCUT2D eigenvalue weighted by Gasteiger charge is -2.30. The van der Waals surface area contributed by atoms with Gasteiger partial charge in [0, 0.05) is 6.54 Å². The van der Waals surface area contributed by atoms with E-state index in [1.807, 2.05) is 0 Å². The zero-order valence-corrected chi connectivity index (χ0v) is 12.1. The largest absolute Gasteiger partial charge is 0.489 e. The van der Waals surface area contributed by atoms with Crippen molar-refractivity contribution in [2.75, 3.05) is 20.1 Å². The minimum Gasteiger partial charge on any atom is -0.489 e. The standard InChI is InChI=1S/C16H25NO/c1-16(2,3)13-7-5-8-14(11-13)18-15-9-6-10-17(4)12-15/h5,7-8,11,15H,6,9-10,12H2,1-4H3. The maximum Gasteiger partial charge on any atom is 0.120 e. The Hall–Kier alpha value is -1.02. The van der Waals surface area contributed by atoms with Crippen LogP contribution in [0.15, 0.2) is 24.3 Å². The molecule has 1 heterocycles. The van der Waals surface area contributed by atoms with Crippen LogP contribution in [0, 0.1) is 0 Å². The molecule has 1 aromatic rings. The first-order chi connectivity index (χ1) is 8.45. The van der Waals surface area contributed by atoms with Crippen molar-refractivity contribution >= 4 is 0 Å². The Labute approximate surface area is 111 Å². The van der Waals surface area contributed by atoms with Crippen LogP contribution in [0.25, 0.3) is 0 Å². The second-order valence-corrected chi connectivity index (χ2v) is 6.42. The molecular weight excluding hydrogens is 222 g/mol. The van der Waals surface area contributed by atoms with E-state index in [2.05, 4.69) is 57.0 Å². The summed E-state index contributed by atoms with van der Waals surface area (Å²) >= 11 is 0. The predicted molar refractivity (Wildman–Crippen MR) is 76.3 cm³/mol. The molecule has 0 bridgehead atoms. The first-order valence-corrected chi connectivity index (χ1v) is 6.91. The molecular formula is C16H25NO. The number of hydrogen-bond donors (Lipinski definition) is 0. The Morgan fingerprint density at radius 3 is 2.72 bits per heavy atom. The Bertz CT molecular complexity index is 394. The van der Waals surface area contributed by atoms with E-state index in [1.165, 1.54) is 24.9 Å². The average Bonchev–Trinajstić information content (AvgIpc) is 2.28. The summed E-state index contributed by atoms with van der Waals surface area (Å²) in [4.78, 5) is 2.35. The molecule has 1 aliphatic heterocycles. The van der Waals surface area contributed by atoms with Crippen LogP contribution in [-0.2, 0) is 5.41 Å². The molecule has 1 aromatic carbocycles. The summed E-state index contributed by atoms with van der Waals surface area (Å²) in [6.07, 6.45) is 2.75. The highest BCUT2D eigenvalue weighted by atomic mass is 16.5. The third-order valence-electron chi connectivity index (χ3n) is 3.58. The van der Waals surface area contributed by atoms with Crippen LogP contribution in [0.4, 0.5) is 0 Å². The molecule has 0 spiro atoms. The molecule has 2 rings (SSSR count). The zero-order valence-electron chi connectivity index (χ0n) is 12.1. The second-order valence-electron chi connectivity index (χ2n) is 6.42. The van der Waals surface area contributed by atoms with Crippen molar-refractivity contribution < 1.29 is 4.74 Å². The van der Waals surface area contributed by atoms with Gasteiger partial charge in [-0.2, -0.15) is 0 Å². The van der Waals surface area contributed by atoms with E-state index in [9.17, 15) is 0 Å². The van der Waals surface area contributed by atoms with E-state index in [4.69, 9.17) is 4.74 Å². The van der Waals surface area contributed by atoms with Crippen LogP contribution in [0.2, 0.25) is 0 Å². The van der Waals surface area contributed by atoms with E-state index in [-0.39, 0.29) is 5.41 Å². The fraction of sp³-hybridized carbons (Fsp3) is 0.625. The first-order valence-electron chi connectivity index (χ1n) is 6.91. The normalized spacial score (nSPS) is 21.9. The Balaban J connectivity index is 2.05. The number of ether oxygens (including phenoxy) is 1. The SMILES string of the molecule is CN1CCCC(Oc2cccc(C(C)(C)C)c2)C1. The molecule has 18 heavy (non-hydrogen) atoms. The second kappa shape index (κ2) is 5.31. The summed E-state index contributed by atoms with van der Waals surface area (Å²) < 4.78 is 6.12. The van der Waals surface area contributed by atoms with E-state index < -0.39 is 0 Å². The highest BCUT2D eigenvalue weighted by Crippen LogP contribution is 2.26. The summed E-state index contributed by atoms with van der Waals surface area (Å²) in [7, 11) is 2.17. The molecule has 0 N–H and O–H groups in total. The average molecular weight is 247 g/mol.